The van der Waals surface area contributed by atoms with Gasteiger partial charge in [-0.3, -0.25) is 0 Å². The lowest BCUT2D eigenvalue weighted by atomic mass is 9.93. The van der Waals surface area contributed by atoms with Crippen molar-refractivity contribution in [1.82, 2.24) is 10.2 Å². The molecule has 1 saturated heterocycles. The number of piperidine rings is 1. The van der Waals surface area contributed by atoms with Gasteiger partial charge >= 0.3 is 0 Å². The zero-order chi connectivity index (χ0) is 11.3. The minimum absolute atomic E-state index is 0.282. The van der Waals surface area contributed by atoms with Crippen LogP contribution in [0.2, 0.25) is 0 Å². The van der Waals surface area contributed by atoms with E-state index in [0.717, 1.165) is 5.92 Å². The zero-order valence-electron chi connectivity index (χ0n) is 11.0. The van der Waals surface area contributed by atoms with Gasteiger partial charge in [-0.25, -0.2) is 0 Å². The molecule has 2 nitrogen and oxygen atoms in total. The molecule has 15 heavy (non-hydrogen) atoms. The Kier molecular flexibility index (Phi) is 5.07. The first-order valence-electron chi connectivity index (χ1n) is 6.48. The highest BCUT2D eigenvalue weighted by atomic mass is 15.1. The number of nitrogens with one attached hydrogen (secondary N) is 1. The van der Waals surface area contributed by atoms with Crippen LogP contribution in [0.3, 0.4) is 0 Å². The standard InChI is InChI=1S/C13H28N2/c1-5-15-10-7-12(8-11-15)6-9-14-13(2,3)4/h12,14H,5-11H2,1-4H3. The van der Waals surface area contributed by atoms with Gasteiger partial charge in [0.25, 0.3) is 0 Å². The second-order valence-electron chi connectivity index (χ2n) is 5.84. The van der Waals surface area contributed by atoms with E-state index >= 15 is 0 Å². The molecular formula is C13H28N2. The van der Waals surface area contributed by atoms with Gasteiger partial charge in [0.2, 0.25) is 0 Å². The Morgan fingerprint density at radius 1 is 1.20 bits per heavy atom. The summed E-state index contributed by atoms with van der Waals surface area (Å²) in [6.45, 7) is 14.0. The van der Waals surface area contributed by atoms with E-state index in [1.54, 1.807) is 0 Å². The van der Waals surface area contributed by atoms with Crippen molar-refractivity contribution in [2.45, 2.75) is 52.5 Å². The first-order chi connectivity index (χ1) is 7.01. The normalized spacial score (nSPS) is 20.8. The third-order valence-corrected chi connectivity index (χ3v) is 3.36. The fraction of sp³-hybridized carbons (Fsp3) is 1.00. The van der Waals surface area contributed by atoms with Crippen LogP contribution in [0.25, 0.3) is 0 Å². The van der Waals surface area contributed by atoms with E-state index in [1.165, 1.54) is 45.4 Å². The van der Waals surface area contributed by atoms with Crippen LogP contribution >= 0.6 is 0 Å². The first kappa shape index (κ1) is 13.0. The summed E-state index contributed by atoms with van der Waals surface area (Å²) < 4.78 is 0. The smallest absolute Gasteiger partial charge is 0.00965 e. The molecule has 1 aliphatic rings. The molecule has 0 atom stereocenters. The minimum atomic E-state index is 0.282. The maximum atomic E-state index is 3.58. The van der Waals surface area contributed by atoms with Crippen molar-refractivity contribution in [2.24, 2.45) is 5.92 Å². The Bertz CT molecular complexity index is 164. The summed E-state index contributed by atoms with van der Waals surface area (Å²) in [4.78, 5) is 2.56. The predicted octanol–water partition coefficient (Wildman–Crippen LogP) is 2.50. The summed E-state index contributed by atoms with van der Waals surface area (Å²) in [5.74, 6) is 0.961. The van der Waals surface area contributed by atoms with Crippen LogP contribution in [0.4, 0.5) is 0 Å². The second kappa shape index (κ2) is 5.86. The van der Waals surface area contributed by atoms with Crippen LogP contribution in [-0.2, 0) is 0 Å². The molecule has 1 rings (SSSR count). The third kappa shape index (κ3) is 5.53. The molecule has 1 N–H and O–H groups in total. The maximum absolute atomic E-state index is 3.58. The summed E-state index contributed by atoms with van der Waals surface area (Å²) in [7, 11) is 0. The van der Waals surface area contributed by atoms with Gasteiger partial charge in [0, 0.05) is 5.54 Å². The van der Waals surface area contributed by atoms with E-state index < -0.39 is 0 Å². The van der Waals surface area contributed by atoms with Crippen LogP contribution in [0.15, 0.2) is 0 Å². The lowest BCUT2D eigenvalue weighted by Gasteiger charge is -2.31. The average Bonchev–Trinajstić information content (AvgIpc) is 2.17. The largest absolute Gasteiger partial charge is 0.312 e. The zero-order valence-corrected chi connectivity index (χ0v) is 11.0. The van der Waals surface area contributed by atoms with Gasteiger partial charge in [0.05, 0.1) is 0 Å². The van der Waals surface area contributed by atoms with Crippen LogP contribution in [0.5, 0.6) is 0 Å². The first-order valence-corrected chi connectivity index (χ1v) is 6.48. The molecule has 1 heterocycles. The minimum Gasteiger partial charge on any atom is -0.312 e. The number of likely N-dealkylation sites (tertiary alicyclic amines) is 1. The molecule has 1 fully saturated rings. The number of hydrogen-bond acceptors (Lipinski definition) is 2. The number of nitrogens with zero attached hydrogens (tertiary/aromatic N) is 1. The highest BCUT2D eigenvalue weighted by Gasteiger charge is 2.18. The maximum Gasteiger partial charge on any atom is 0.00965 e. The van der Waals surface area contributed by atoms with E-state index in [-0.39, 0.29) is 5.54 Å². The molecule has 0 aromatic carbocycles. The van der Waals surface area contributed by atoms with Gasteiger partial charge in [-0.15, -0.1) is 0 Å². The van der Waals surface area contributed by atoms with E-state index in [4.69, 9.17) is 0 Å². The van der Waals surface area contributed by atoms with Crippen molar-refractivity contribution < 1.29 is 0 Å². The fourth-order valence-corrected chi connectivity index (χ4v) is 2.24. The molecule has 0 bridgehead atoms. The van der Waals surface area contributed by atoms with Crippen molar-refractivity contribution in [2.75, 3.05) is 26.2 Å². The quantitative estimate of drug-likeness (QED) is 0.770. The van der Waals surface area contributed by atoms with Crippen LogP contribution < -0.4 is 5.32 Å². The van der Waals surface area contributed by atoms with E-state index in [0.29, 0.717) is 0 Å². The lowest BCUT2D eigenvalue weighted by molar-refractivity contribution is 0.184. The molecule has 0 amide bonds. The average molecular weight is 212 g/mol. The molecule has 0 spiro atoms. The topological polar surface area (TPSA) is 15.3 Å². The van der Waals surface area contributed by atoms with Crippen LogP contribution in [-0.4, -0.2) is 36.6 Å². The van der Waals surface area contributed by atoms with Gasteiger partial charge in [-0.2, -0.15) is 0 Å². The van der Waals surface area contributed by atoms with Crippen molar-refractivity contribution in [3.8, 4) is 0 Å². The summed E-state index contributed by atoms with van der Waals surface area (Å²) in [5, 5.41) is 3.58. The fourth-order valence-electron chi connectivity index (χ4n) is 2.24. The van der Waals surface area contributed by atoms with Gasteiger partial charge in [0.15, 0.2) is 0 Å². The lowest BCUT2D eigenvalue weighted by Crippen LogP contribution is -2.38. The highest BCUT2D eigenvalue weighted by Crippen LogP contribution is 2.19. The van der Waals surface area contributed by atoms with E-state index in [2.05, 4.69) is 37.9 Å². The van der Waals surface area contributed by atoms with E-state index in [1.807, 2.05) is 0 Å². The van der Waals surface area contributed by atoms with Crippen molar-refractivity contribution in [3.05, 3.63) is 0 Å². The predicted molar refractivity (Wildman–Crippen MR) is 67.2 cm³/mol. The second-order valence-corrected chi connectivity index (χ2v) is 5.84. The Labute approximate surface area is 95.4 Å². The summed E-state index contributed by atoms with van der Waals surface area (Å²) in [6.07, 6.45) is 4.16. The summed E-state index contributed by atoms with van der Waals surface area (Å²) in [5.41, 5.74) is 0.282. The Hall–Kier alpha value is -0.0800. The monoisotopic (exact) mass is 212 g/mol. The van der Waals surface area contributed by atoms with Crippen molar-refractivity contribution in [1.29, 1.82) is 0 Å². The molecule has 0 aliphatic carbocycles. The van der Waals surface area contributed by atoms with Gasteiger partial charge in [0.1, 0.15) is 0 Å². The highest BCUT2D eigenvalue weighted by molar-refractivity contribution is 4.75. The molecule has 0 aromatic heterocycles. The molecule has 1 aliphatic heterocycles. The molecule has 0 radical (unpaired) electrons. The third-order valence-electron chi connectivity index (χ3n) is 3.36. The summed E-state index contributed by atoms with van der Waals surface area (Å²) >= 11 is 0. The summed E-state index contributed by atoms with van der Waals surface area (Å²) in [6, 6.07) is 0. The molecule has 0 aromatic rings. The molecular weight excluding hydrogens is 184 g/mol. The van der Waals surface area contributed by atoms with Gasteiger partial charge < -0.3 is 10.2 Å². The SMILES string of the molecule is CCN1CCC(CCNC(C)(C)C)CC1. The molecule has 2 heteroatoms. The van der Waals surface area contributed by atoms with Crippen molar-refractivity contribution >= 4 is 0 Å². The number of hydrogen-bond donors (Lipinski definition) is 1. The molecule has 90 valence electrons. The number of rotatable bonds is 4. The Morgan fingerprint density at radius 2 is 1.80 bits per heavy atom. The van der Waals surface area contributed by atoms with Gasteiger partial charge in [-0.05, 0) is 72.1 Å². The van der Waals surface area contributed by atoms with E-state index in [9.17, 15) is 0 Å². The van der Waals surface area contributed by atoms with Crippen molar-refractivity contribution in [3.63, 3.8) is 0 Å². The Morgan fingerprint density at radius 3 is 2.27 bits per heavy atom. The Balaban J connectivity index is 2.09. The molecule has 0 unspecified atom stereocenters. The van der Waals surface area contributed by atoms with Crippen LogP contribution in [0, 0.1) is 5.92 Å². The molecule has 0 saturated carbocycles. The van der Waals surface area contributed by atoms with Crippen LogP contribution in [0.1, 0.15) is 47.0 Å². The van der Waals surface area contributed by atoms with Gasteiger partial charge in [-0.1, -0.05) is 6.92 Å².